The average Bonchev–Trinajstić information content (AvgIpc) is 2.90. The van der Waals surface area contributed by atoms with E-state index < -0.39 is 0 Å². The first-order valence-corrected chi connectivity index (χ1v) is 12.1. The van der Waals surface area contributed by atoms with Crippen molar-refractivity contribution in [2.45, 2.75) is 13.8 Å². The van der Waals surface area contributed by atoms with Crippen LogP contribution in [0.2, 0.25) is 0 Å². The van der Waals surface area contributed by atoms with E-state index in [-0.39, 0.29) is 24.5 Å². The number of nitrogens with one attached hydrogen (secondary N) is 2. The maximum absolute atomic E-state index is 13.3. The van der Waals surface area contributed by atoms with Gasteiger partial charge in [0.05, 0.1) is 12.7 Å². The van der Waals surface area contributed by atoms with Crippen LogP contribution < -0.4 is 20.3 Å². The highest BCUT2D eigenvalue weighted by Crippen LogP contribution is 2.27. The number of hydrogen-bond donors (Lipinski definition) is 2. The Labute approximate surface area is 212 Å². The molecule has 1 heterocycles. The Kier molecular flexibility index (Phi) is 9.52. The molecule has 1 aliphatic rings. The van der Waals surface area contributed by atoms with Gasteiger partial charge < -0.3 is 34.8 Å². The standard InChI is InChI=1S/C26H35N5O5/c1-5-29(6-2)25(33)22-17-20(27-24(32)18-35-3)9-12-23(22)30-13-15-31(16-14-30)26(34)28-19-7-10-21(36-4)11-8-19/h7-12,17H,5-6,13-16,18H2,1-4H3,(H,27,32)(H,28,34). The number of ether oxygens (including phenoxy) is 2. The summed E-state index contributed by atoms with van der Waals surface area (Å²) >= 11 is 0. The van der Waals surface area contributed by atoms with Crippen molar-refractivity contribution < 1.29 is 23.9 Å². The van der Waals surface area contributed by atoms with Gasteiger partial charge in [0.1, 0.15) is 12.4 Å². The van der Waals surface area contributed by atoms with E-state index in [1.807, 2.05) is 19.9 Å². The number of amides is 4. The lowest BCUT2D eigenvalue weighted by Crippen LogP contribution is -2.50. The molecule has 2 aromatic carbocycles. The van der Waals surface area contributed by atoms with E-state index in [0.717, 1.165) is 11.4 Å². The summed E-state index contributed by atoms with van der Waals surface area (Å²) < 4.78 is 10.0. The number of methoxy groups -OCH3 is 2. The summed E-state index contributed by atoms with van der Waals surface area (Å²) in [6.07, 6.45) is 0. The highest BCUT2D eigenvalue weighted by molar-refractivity contribution is 6.02. The van der Waals surface area contributed by atoms with Crippen LogP contribution in [0.5, 0.6) is 5.75 Å². The maximum Gasteiger partial charge on any atom is 0.321 e. The first kappa shape index (κ1) is 26.8. The van der Waals surface area contributed by atoms with Crippen LogP contribution >= 0.6 is 0 Å². The van der Waals surface area contributed by atoms with Crippen molar-refractivity contribution in [3.8, 4) is 5.75 Å². The van der Waals surface area contributed by atoms with Gasteiger partial charge in [-0.2, -0.15) is 0 Å². The van der Waals surface area contributed by atoms with Crippen LogP contribution in [0.3, 0.4) is 0 Å². The fourth-order valence-corrected chi connectivity index (χ4v) is 4.10. The normalized spacial score (nSPS) is 13.2. The van der Waals surface area contributed by atoms with Gasteiger partial charge in [0.25, 0.3) is 5.91 Å². The van der Waals surface area contributed by atoms with Crippen LogP contribution in [0.25, 0.3) is 0 Å². The highest BCUT2D eigenvalue weighted by atomic mass is 16.5. The van der Waals surface area contributed by atoms with Gasteiger partial charge in [0.15, 0.2) is 0 Å². The molecule has 0 aromatic heterocycles. The summed E-state index contributed by atoms with van der Waals surface area (Å²) in [6, 6.07) is 12.4. The van der Waals surface area contributed by atoms with E-state index >= 15 is 0 Å². The molecule has 2 aromatic rings. The quantitative estimate of drug-likeness (QED) is 0.552. The van der Waals surface area contributed by atoms with Crippen LogP contribution in [0.15, 0.2) is 42.5 Å². The number of benzene rings is 2. The molecular weight excluding hydrogens is 462 g/mol. The number of carbonyl (C=O) groups is 3. The zero-order valence-electron chi connectivity index (χ0n) is 21.4. The van der Waals surface area contributed by atoms with Crippen molar-refractivity contribution in [2.24, 2.45) is 0 Å². The molecular formula is C26H35N5O5. The van der Waals surface area contributed by atoms with Crippen LogP contribution in [0, 0.1) is 0 Å². The Bertz CT molecular complexity index is 1050. The van der Waals surface area contributed by atoms with Crippen LogP contribution in [-0.2, 0) is 9.53 Å². The number of carbonyl (C=O) groups excluding carboxylic acids is 3. The number of rotatable bonds is 9. The van der Waals surface area contributed by atoms with Crippen LogP contribution in [0.1, 0.15) is 24.2 Å². The molecule has 0 spiro atoms. The molecule has 2 N–H and O–H groups in total. The number of hydrogen-bond acceptors (Lipinski definition) is 6. The Morgan fingerprint density at radius 1 is 0.889 bits per heavy atom. The summed E-state index contributed by atoms with van der Waals surface area (Å²) in [4.78, 5) is 43.7. The van der Waals surface area contributed by atoms with Crippen molar-refractivity contribution in [1.29, 1.82) is 0 Å². The summed E-state index contributed by atoms with van der Waals surface area (Å²) in [5.41, 5.74) is 2.53. The van der Waals surface area contributed by atoms with Crippen molar-refractivity contribution in [3.63, 3.8) is 0 Å². The fourth-order valence-electron chi connectivity index (χ4n) is 4.10. The summed E-state index contributed by atoms with van der Waals surface area (Å²) in [5.74, 6) is 0.335. The Morgan fingerprint density at radius 2 is 1.53 bits per heavy atom. The molecule has 1 saturated heterocycles. The molecule has 10 heteroatoms. The van der Waals surface area contributed by atoms with E-state index in [4.69, 9.17) is 9.47 Å². The first-order valence-electron chi connectivity index (χ1n) is 12.1. The monoisotopic (exact) mass is 497 g/mol. The second-order valence-electron chi connectivity index (χ2n) is 8.32. The molecule has 3 rings (SSSR count). The molecule has 194 valence electrons. The van der Waals surface area contributed by atoms with Crippen LogP contribution in [0.4, 0.5) is 21.9 Å². The van der Waals surface area contributed by atoms with Crippen LogP contribution in [-0.4, -0.2) is 87.7 Å². The largest absolute Gasteiger partial charge is 0.497 e. The average molecular weight is 498 g/mol. The molecule has 4 amide bonds. The number of nitrogens with zero attached hydrogens (tertiary/aromatic N) is 3. The molecule has 0 unspecified atom stereocenters. The van der Waals surface area contributed by atoms with Gasteiger partial charge in [-0.15, -0.1) is 0 Å². The van der Waals surface area contributed by atoms with Gasteiger partial charge in [0, 0.05) is 63.4 Å². The lowest BCUT2D eigenvalue weighted by Gasteiger charge is -2.37. The second kappa shape index (κ2) is 12.8. The van der Waals surface area contributed by atoms with E-state index in [9.17, 15) is 14.4 Å². The third-order valence-corrected chi connectivity index (χ3v) is 6.09. The minimum Gasteiger partial charge on any atom is -0.497 e. The van der Waals surface area contributed by atoms with Crippen molar-refractivity contribution >= 4 is 34.9 Å². The summed E-state index contributed by atoms with van der Waals surface area (Å²) in [6.45, 7) is 7.12. The molecule has 0 atom stereocenters. The third kappa shape index (κ3) is 6.66. The molecule has 10 nitrogen and oxygen atoms in total. The Morgan fingerprint density at radius 3 is 2.11 bits per heavy atom. The molecule has 0 bridgehead atoms. The zero-order valence-corrected chi connectivity index (χ0v) is 21.4. The highest BCUT2D eigenvalue weighted by Gasteiger charge is 2.26. The Hall–Kier alpha value is -3.79. The topological polar surface area (TPSA) is 103 Å². The van der Waals surface area contributed by atoms with Gasteiger partial charge in [-0.05, 0) is 56.3 Å². The molecule has 0 aliphatic carbocycles. The molecule has 1 fully saturated rings. The number of anilines is 3. The van der Waals surface area contributed by atoms with Crippen molar-refractivity contribution in [3.05, 3.63) is 48.0 Å². The van der Waals surface area contributed by atoms with E-state index in [1.165, 1.54) is 7.11 Å². The molecule has 0 saturated carbocycles. The van der Waals surface area contributed by atoms with Crippen molar-refractivity contribution in [2.75, 3.05) is 75.6 Å². The molecule has 1 aliphatic heterocycles. The predicted octanol–water partition coefficient (Wildman–Crippen LogP) is 3.12. The summed E-state index contributed by atoms with van der Waals surface area (Å²) in [5, 5.41) is 5.69. The van der Waals surface area contributed by atoms with Gasteiger partial charge in [-0.1, -0.05) is 0 Å². The first-order chi connectivity index (χ1) is 17.4. The Balaban J connectivity index is 1.72. The molecule has 0 radical (unpaired) electrons. The van der Waals surface area contributed by atoms with Crippen molar-refractivity contribution in [1.82, 2.24) is 9.80 Å². The van der Waals surface area contributed by atoms with Gasteiger partial charge >= 0.3 is 6.03 Å². The SMILES string of the molecule is CCN(CC)C(=O)c1cc(NC(=O)COC)ccc1N1CCN(C(=O)Nc2ccc(OC)cc2)CC1. The maximum atomic E-state index is 13.3. The number of piperazine rings is 1. The van der Waals surface area contributed by atoms with Gasteiger partial charge in [-0.25, -0.2) is 4.79 Å². The second-order valence-corrected chi connectivity index (χ2v) is 8.32. The van der Waals surface area contributed by atoms with E-state index in [0.29, 0.717) is 56.2 Å². The lowest BCUT2D eigenvalue weighted by molar-refractivity contribution is -0.119. The zero-order chi connectivity index (χ0) is 26.1. The minimum atomic E-state index is -0.289. The predicted molar refractivity (Wildman–Crippen MR) is 140 cm³/mol. The number of urea groups is 1. The lowest BCUT2D eigenvalue weighted by atomic mass is 10.1. The van der Waals surface area contributed by atoms with E-state index in [2.05, 4.69) is 15.5 Å². The smallest absolute Gasteiger partial charge is 0.321 e. The van der Waals surface area contributed by atoms with Gasteiger partial charge in [-0.3, -0.25) is 9.59 Å². The van der Waals surface area contributed by atoms with Gasteiger partial charge in [0.2, 0.25) is 5.91 Å². The molecule has 36 heavy (non-hydrogen) atoms. The fraction of sp³-hybridized carbons (Fsp3) is 0.423. The summed E-state index contributed by atoms with van der Waals surface area (Å²) in [7, 11) is 3.05. The third-order valence-electron chi connectivity index (χ3n) is 6.09. The van der Waals surface area contributed by atoms with E-state index in [1.54, 1.807) is 53.3 Å². The minimum absolute atomic E-state index is 0.0678.